The van der Waals surface area contributed by atoms with E-state index in [9.17, 15) is 9.59 Å². The summed E-state index contributed by atoms with van der Waals surface area (Å²) in [6.07, 6.45) is 0.958. The fourth-order valence-corrected chi connectivity index (χ4v) is 1.32. The molecular weight excluding hydrogens is 256 g/mol. The van der Waals surface area contributed by atoms with Crippen molar-refractivity contribution >= 4 is 11.8 Å². The van der Waals surface area contributed by atoms with Gasteiger partial charge in [-0.25, -0.2) is 0 Å². The van der Waals surface area contributed by atoms with E-state index in [0.717, 1.165) is 6.42 Å². The van der Waals surface area contributed by atoms with Crippen molar-refractivity contribution in [1.29, 1.82) is 0 Å². The van der Waals surface area contributed by atoms with Crippen LogP contribution in [0.1, 0.15) is 33.3 Å². The predicted molar refractivity (Wildman–Crippen MR) is 77.1 cm³/mol. The first-order valence-electron chi connectivity index (χ1n) is 6.64. The van der Waals surface area contributed by atoms with Crippen molar-refractivity contribution in [3.05, 3.63) is 29.8 Å². The van der Waals surface area contributed by atoms with Crippen molar-refractivity contribution in [1.82, 2.24) is 10.9 Å². The zero-order valence-electron chi connectivity index (χ0n) is 12.4. The molecule has 0 fully saturated rings. The molecule has 0 aliphatic rings. The van der Waals surface area contributed by atoms with E-state index in [1.165, 1.54) is 5.56 Å². The lowest BCUT2D eigenvalue weighted by Crippen LogP contribution is -2.48. The average Bonchev–Trinajstić information content (AvgIpc) is 2.41. The first kappa shape index (κ1) is 16.0. The lowest BCUT2D eigenvalue weighted by atomic mass is 9.96. The number of carbonyl (C=O) groups excluding carboxylic acids is 2. The van der Waals surface area contributed by atoms with E-state index in [-0.39, 0.29) is 12.5 Å². The Bertz CT molecular complexity index is 461. The van der Waals surface area contributed by atoms with Gasteiger partial charge in [-0.3, -0.25) is 20.4 Å². The maximum atomic E-state index is 11.5. The molecule has 2 amide bonds. The molecule has 5 nitrogen and oxygen atoms in total. The molecule has 0 spiro atoms. The fourth-order valence-electron chi connectivity index (χ4n) is 1.32. The number of nitrogens with one attached hydrogen (secondary N) is 2. The lowest BCUT2D eigenvalue weighted by Gasteiger charge is -2.17. The van der Waals surface area contributed by atoms with Crippen LogP contribution in [-0.4, -0.2) is 18.4 Å². The molecule has 2 N–H and O–H groups in total. The lowest BCUT2D eigenvalue weighted by molar-refractivity contribution is -0.134. The van der Waals surface area contributed by atoms with Crippen molar-refractivity contribution in [2.24, 2.45) is 5.41 Å². The van der Waals surface area contributed by atoms with E-state index in [4.69, 9.17) is 4.74 Å². The van der Waals surface area contributed by atoms with E-state index in [1.807, 2.05) is 24.3 Å². The van der Waals surface area contributed by atoms with E-state index in [0.29, 0.717) is 5.75 Å². The highest BCUT2D eigenvalue weighted by molar-refractivity contribution is 5.85. The molecule has 20 heavy (non-hydrogen) atoms. The number of hydrogen-bond donors (Lipinski definition) is 2. The molecule has 0 bridgehead atoms. The number of rotatable bonds is 4. The summed E-state index contributed by atoms with van der Waals surface area (Å²) in [5.41, 5.74) is 5.33. The van der Waals surface area contributed by atoms with Gasteiger partial charge in [-0.2, -0.15) is 0 Å². The van der Waals surface area contributed by atoms with Crippen LogP contribution in [0.25, 0.3) is 0 Å². The standard InChI is InChI=1S/C15H22N2O3/c1-5-11-6-8-12(9-7-11)20-10-13(18)16-17-14(19)15(2,3)4/h6-9H,5,10H2,1-4H3,(H,16,18)(H,17,19). The summed E-state index contributed by atoms with van der Waals surface area (Å²) in [5.74, 6) is -0.0279. The quantitative estimate of drug-likeness (QED) is 0.826. The monoisotopic (exact) mass is 278 g/mol. The molecule has 0 heterocycles. The maximum Gasteiger partial charge on any atom is 0.276 e. The van der Waals surface area contributed by atoms with Crippen LogP contribution in [0.3, 0.4) is 0 Å². The smallest absolute Gasteiger partial charge is 0.276 e. The van der Waals surface area contributed by atoms with Crippen molar-refractivity contribution in [3.63, 3.8) is 0 Å². The van der Waals surface area contributed by atoms with E-state index < -0.39 is 11.3 Å². The largest absolute Gasteiger partial charge is 0.484 e. The molecule has 0 aliphatic heterocycles. The van der Waals surface area contributed by atoms with Gasteiger partial charge < -0.3 is 4.74 Å². The van der Waals surface area contributed by atoms with Gasteiger partial charge in [0.25, 0.3) is 5.91 Å². The van der Waals surface area contributed by atoms with Crippen LogP contribution < -0.4 is 15.6 Å². The van der Waals surface area contributed by atoms with Gasteiger partial charge in [0, 0.05) is 5.41 Å². The van der Waals surface area contributed by atoms with Gasteiger partial charge in [0.15, 0.2) is 6.61 Å². The molecule has 0 saturated heterocycles. The third-order valence-electron chi connectivity index (χ3n) is 2.70. The van der Waals surface area contributed by atoms with Gasteiger partial charge in [0.05, 0.1) is 0 Å². The Hall–Kier alpha value is -2.04. The third-order valence-corrected chi connectivity index (χ3v) is 2.70. The minimum Gasteiger partial charge on any atom is -0.484 e. The molecule has 5 heteroatoms. The Morgan fingerprint density at radius 1 is 1.10 bits per heavy atom. The molecule has 0 atom stereocenters. The van der Waals surface area contributed by atoms with Crippen LogP contribution in [-0.2, 0) is 16.0 Å². The Labute approximate surface area is 119 Å². The van der Waals surface area contributed by atoms with Crippen LogP contribution in [0, 0.1) is 5.41 Å². The summed E-state index contributed by atoms with van der Waals surface area (Å²) < 4.78 is 5.32. The van der Waals surface area contributed by atoms with Crippen molar-refractivity contribution in [3.8, 4) is 5.75 Å². The molecule has 1 rings (SSSR count). The Kier molecular flexibility index (Phi) is 5.55. The van der Waals surface area contributed by atoms with Crippen LogP contribution in [0.4, 0.5) is 0 Å². The molecule has 0 radical (unpaired) electrons. The van der Waals surface area contributed by atoms with Gasteiger partial charge in [-0.15, -0.1) is 0 Å². The fraction of sp³-hybridized carbons (Fsp3) is 0.467. The van der Waals surface area contributed by atoms with Gasteiger partial charge in [0.2, 0.25) is 5.91 Å². The molecule has 0 saturated carbocycles. The van der Waals surface area contributed by atoms with E-state index in [2.05, 4.69) is 17.8 Å². The minimum atomic E-state index is -0.551. The number of aryl methyl sites for hydroxylation is 1. The van der Waals surface area contributed by atoms with Gasteiger partial charge in [0.1, 0.15) is 5.75 Å². The molecule has 110 valence electrons. The van der Waals surface area contributed by atoms with Gasteiger partial charge in [-0.05, 0) is 24.1 Å². The van der Waals surface area contributed by atoms with Gasteiger partial charge >= 0.3 is 0 Å². The third kappa shape index (κ3) is 5.30. The Morgan fingerprint density at radius 3 is 2.20 bits per heavy atom. The van der Waals surface area contributed by atoms with E-state index >= 15 is 0 Å². The van der Waals surface area contributed by atoms with Crippen molar-refractivity contribution in [2.45, 2.75) is 34.1 Å². The maximum absolute atomic E-state index is 11.5. The summed E-state index contributed by atoms with van der Waals surface area (Å²) >= 11 is 0. The zero-order chi connectivity index (χ0) is 15.2. The Morgan fingerprint density at radius 2 is 1.70 bits per heavy atom. The molecule has 1 aromatic rings. The topological polar surface area (TPSA) is 67.4 Å². The highest BCUT2D eigenvalue weighted by Crippen LogP contribution is 2.12. The minimum absolute atomic E-state index is 0.143. The second-order valence-electron chi connectivity index (χ2n) is 5.54. The number of hydrogen-bond acceptors (Lipinski definition) is 3. The molecular formula is C15H22N2O3. The summed E-state index contributed by atoms with van der Waals surface area (Å²) in [4.78, 5) is 23.1. The second kappa shape index (κ2) is 6.93. The van der Waals surface area contributed by atoms with E-state index in [1.54, 1.807) is 20.8 Å². The SMILES string of the molecule is CCc1ccc(OCC(=O)NNC(=O)C(C)(C)C)cc1. The molecule has 0 aromatic heterocycles. The van der Waals surface area contributed by atoms with Crippen LogP contribution in [0.5, 0.6) is 5.75 Å². The zero-order valence-corrected chi connectivity index (χ0v) is 12.4. The highest BCUT2D eigenvalue weighted by atomic mass is 16.5. The van der Waals surface area contributed by atoms with Crippen LogP contribution in [0.2, 0.25) is 0 Å². The number of carbonyl (C=O) groups is 2. The first-order chi connectivity index (χ1) is 9.32. The summed E-state index contributed by atoms with van der Waals surface area (Å²) in [7, 11) is 0. The summed E-state index contributed by atoms with van der Waals surface area (Å²) in [6.45, 7) is 7.22. The number of ether oxygens (including phenoxy) is 1. The number of amides is 2. The normalized spacial score (nSPS) is 10.8. The molecule has 1 aromatic carbocycles. The van der Waals surface area contributed by atoms with Crippen LogP contribution >= 0.6 is 0 Å². The van der Waals surface area contributed by atoms with Gasteiger partial charge in [-0.1, -0.05) is 39.8 Å². The number of benzene rings is 1. The van der Waals surface area contributed by atoms with Crippen molar-refractivity contribution < 1.29 is 14.3 Å². The second-order valence-corrected chi connectivity index (χ2v) is 5.54. The first-order valence-corrected chi connectivity index (χ1v) is 6.64. The van der Waals surface area contributed by atoms with Crippen LogP contribution in [0.15, 0.2) is 24.3 Å². The summed E-state index contributed by atoms with van der Waals surface area (Å²) in [5, 5.41) is 0. The molecule has 0 unspecified atom stereocenters. The number of hydrazine groups is 1. The predicted octanol–water partition coefficient (Wildman–Crippen LogP) is 1.82. The highest BCUT2D eigenvalue weighted by Gasteiger charge is 2.21. The molecule has 0 aliphatic carbocycles. The average molecular weight is 278 g/mol. The Balaban J connectivity index is 2.34. The summed E-state index contributed by atoms with van der Waals surface area (Å²) in [6, 6.07) is 7.54. The van der Waals surface area contributed by atoms with Crippen molar-refractivity contribution in [2.75, 3.05) is 6.61 Å².